The fourth-order valence-corrected chi connectivity index (χ4v) is 2.83. The zero-order valence-corrected chi connectivity index (χ0v) is 15.1. The second kappa shape index (κ2) is 7.46. The maximum Gasteiger partial charge on any atom is 0.306 e. The van der Waals surface area contributed by atoms with Gasteiger partial charge >= 0.3 is 11.4 Å². The van der Waals surface area contributed by atoms with Crippen molar-refractivity contribution in [1.82, 2.24) is 0 Å². The maximum atomic E-state index is 11.3. The molecule has 0 radical (unpaired) electrons. The Morgan fingerprint density at radius 2 is 1.12 bits per heavy atom. The van der Waals surface area contributed by atoms with E-state index in [1.54, 1.807) is 0 Å². The third-order valence-corrected chi connectivity index (χ3v) is 4.62. The van der Waals surface area contributed by atoms with Gasteiger partial charge in [-0.3, -0.25) is 30.3 Å². The molecule has 0 saturated heterocycles. The highest BCUT2D eigenvalue weighted by Gasteiger charge is 2.32. The first-order valence-electron chi connectivity index (χ1n) is 6.25. The number of anilines is 2. The van der Waals surface area contributed by atoms with E-state index >= 15 is 0 Å². The third kappa shape index (κ3) is 3.73. The van der Waals surface area contributed by atoms with E-state index in [9.17, 15) is 30.3 Å². The van der Waals surface area contributed by atoms with Gasteiger partial charge in [-0.2, -0.15) is 0 Å². The molecule has 0 unspecified atom stereocenters. The normalized spacial score (nSPS) is 10.5. The Kier molecular flexibility index (Phi) is 5.71. The van der Waals surface area contributed by atoms with Gasteiger partial charge in [-0.1, -0.05) is 46.4 Å². The standard InChI is InChI=1S/C12H4Cl4N4O6/c13-5-3-6(14)10(16)12(9(5)15)17-11-7(19(23)24)1-4(18(21)22)2-8(11)20(25)26/h1-3,17H. The van der Waals surface area contributed by atoms with Gasteiger partial charge in [0.1, 0.15) is 0 Å². The summed E-state index contributed by atoms with van der Waals surface area (Å²) in [5.74, 6) is 0. The molecule has 0 atom stereocenters. The summed E-state index contributed by atoms with van der Waals surface area (Å²) in [6.07, 6.45) is 0. The molecule has 2 rings (SSSR count). The summed E-state index contributed by atoms with van der Waals surface area (Å²) in [4.78, 5) is 30.4. The lowest BCUT2D eigenvalue weighted by atomic mass is 10.2. The van der Waals surface area contributed by atoms with Gasteiger partial charge in [-0.05, 0) is 6.07 Å². The van der Waals surface area contributed by atoms with Crippen LogP contribution < -0.4 is 5.32 Å². The summed E-state index contributed by atoms with van der Waals surface area (Å²) in [7, 11) is 0. The Balaban J connectivity index is 2.80. The van der Waals surface area contributed by atoms with Crippen molar-refractivity contribution in [3.8, 4) is 0 Å². The van der Waals surface area contributed by atoms with Gasteiger partial charge in [-0.25, -0.2) is 0 Å². The molecule has 136 valence electrons. The van der Waals surface area contributed by atoms with Crippen LogP contribution in [0.15, 0.2) is 18.2 Å². The van der Waals surface area contributed by atoms with E-state index in [-0.39, 0.29) is 25.8 Å². The van der Waals surface area contributed by atoms with E-state index in [0.717, 1.165) is 0 Å². The minimum Gasteiger partial charge on any atom is -0.342 e. The van der Waals surface area contributed by atoms with Crippen molar-refractivity contribution in [1.29, 1.82) is 0 Å². The van der Waals surface area contributed by atoms with Crippen molar-refractivity contribution in [2.75, 3.05) is 5.32 Å². The largest absolute Gasteiger partial charge is 0.342 e. The molecule has 0 aliphatic rings. The number of non-ortho nitro benzene ring substituents is 1. The lowest BCUT2D eigenvalue weighted by Gasteiger charge is -2.13. The smallest absolute Gasteiger partial charge is 0.306 e. The Labute approximate surface area is 163 Å². The molecule has 0 spiro atoms. The number of halogens is 4. The first-order valence-corrected chi connectivity index (χ1v) is 7.77. The Hall–Kier alpha value is -2.40. The molecule has 0 heterocycles. The van der Waals surface area contributed by atoms with Gasteiger partial charge in [-0.15, -0.1) is 0 Å². The van der Waals surface area contributed by atoms with Gasteiger partial charge < -0.3 is 5.32 Å². The molecule has 0 fully saturated rings. The van der Waals surface area contributed by atoms with E-state index in [0.29, 0.717) is 12.1 Å². The summed E-state index contributed by atoms with van der Waals surface area (Å²) in [6, 6.07) is 2.32. The fraction of sp³-hybridized carbons (Fsp3) is 0. The van der Waals surface area contributed by atoms with E-state index in [1.165, 1.54) is 6.07 Å². The minimum atomic E-state index is -1.03. The molecular formula is C12H4Cl4N4O6. The number of nitro benzene ring substituents is 3. The molecule has 10 nitrogen and oxygen atoms in total. The lowest BCUT2D eigenvalue weighted by Crippen LogP contribution is -2.04. The van der Waals surface area contributed by atoms with Crippen LogP contribution in [0.4, 0.5) is 28.4 Å². The summed E-state index contributed by atoms with van der Waals surface area (Å²) >= 11 is 23.7. The van der Waals surface area contributed by atoms with Crippen LogP contribution >= 0.6 is 46.4 Å². The summed E-state index contributed by atoms with van der Waals surface area (Å²) in [5, 5.41) is 35.2. The van der Waals surface area contributed by atoms with Crippen molar-refractivity contribution in [3.05, 3.63) is 68.6 Å². The van der Waals surface area contributed by atoms with Crippen LogP contribution in [-0.2, 0) is 0 Å². The predicted molar refractivity (Wildman–Crippen MR) is 96.2 cm³/mol. The van der Waals surface area contributed by atoms with Crippen molar-refractivity contribution >= 4 is 74.8 Å². The molecule has 0 saturated carbocycles. The molecule has 0 amide bonds. The summed E-state index contributed by atoms with van der Waals surface area (Å²) in [5.41, 5.74) is -3.61. The highest BCUT2D eigenvalue weighted by atomic mass is 35.5. The molecule has 26 heavy (non-hydrogen) atoms. The van der Waals surface area contributed by atoms with E-state index < -0.39 is 37.5 Å². The number of hydrogen-bond donors (Lipinski definition) is 1. The topological polar surface area (TPSA) is 141 Å². The molecule has 2 aromatic rings. The quantitative estimate of drug-likeness (QED) is 0.352. The van der Waals surface area contributed by atoms with Gasteiger partial charge in [0.2, 0.25) is 0 Å². The average molecular weight is 442 g/mol. The maximum absolute atomic E-state index is 11.3. The SMILES string of the molecule is O=[N+]([O-])c1cc([N+](=O)[O-])c(Nc2c(Cl)c(Cl)cc(Cl)c2Cl)c([N+](=O)[O-])c1. The highest BCUT2D eigenvalue weighted by Crippen LogP contribution is 2.46. The number of nitrogens with zero attached hydrogens (tertiary/aromatic N) is 3. The first kappa shape index (κ1) is 19.9. The van der Waals surface area contributed by atoms with Crippen molar-refractivity contribution in [3.63, 3.8) is 0 Å². The van der Waals surface area contributed by atoms with Crippen LogP contribution in [0.25, 0.3) is 0 Å². The fourth-order valence-electron chi connectivity index (χ4n) is 1.93. The van der Waals surface area contributed by atoms with Crippen LogP contribution in [0.2, 0.25) is 20.1 Å². The number of hydrogen-bond acceptors (Lipinski definition) is 7. The Morgan fingerprint density at radius 1 is 0.692 bits per heavy atom. The van der Waals surface area contributed by atoms with Crippen LogP contribution in [0.5, 0.6) is 0 Å². The number of nitro groups is 3. The van der Waals surface area contributed by atoms with Crippen molar-refractivity contribution in [2.24, 2.45) is 0 Å². The Bertz CT molecular complexity index is 906. The van der Waals surface area contributed by atoms with Gasteiger partial charge in [0.25, 0.3) is 5.69 Å². The van der Waals surface area contributed by atoms with Crippen LogP contribution in [-0.4, -0.2) is 14.8 Å². The highest BCUT2D eigenvalue weighted by molar-refractivity contribution is 6.50. The second-order valence-corrected chi connectivity index (χ2v) is 6.17. The second-order valence-electron chi connectivity index (χ2n) is 4.60. The average Bonchev–Trinajstić information content (AvgIpc) is 2.55. The first-order chi connectivity index (χ1) is 12.0. The zero-order valence-electron chi connectivity index (χ0n) is 12.0. The predicted octanol–water partition coefficient (Wildman–Crippen LogP) is 5.77. The summed E-state index contributed by atoms with van der Waals surface area (Å²) < 4.78 is 0. The monoisotopic (exact) mass is 440 g/mol. The van der Waals surface area contributed by atoms with Crippen LogP contribution in [0, 0.1) is 30.3 Å². The Morgan fingerprint density at radius 3 is 1.46 bits per heavy atom. The zero-order chi connectivity index (χ0) is 19.8. The molecule has 2 aromatic carbocycles. The lowest BCUT2D eigenvalue weighted by molar-refractivity contribution is -0.401. The molecule has 0 aliphatic heterocycles. The summed E-state index contributed by atoms with van der Waals surface area (Å²) in [6.45, 7) is 0. The van der Waals surface area contributed by atoms with Gasteiger partial charge in [0.15, 0.2) is 5.69 Å². The molecule has 14 heteroatoms. The molecular weight excluding hydrogens is 438 g/mol. The van der Waals surface area contributed by atoms with Gasteiger partial charge in [0, 0.05) is 0 Å². The molecule has 1 N–H and O–H groups in total. The van der Waals surface area contributed by atoms with Gasteiger partial charge in [0.05, 0.1) is 52.7 Å². The molecule has 0 bridgehead atoms. The van der Waals surface area contributed by atoms with Crippen molar-refractivity contribution < 1.29 is 14.8 Å². The van der Waals surface area contributed by atoms with E-state index in [1.807, 2.05) is 0 Å². The molecule has 0 aromatic heterocycles. The van der Waals surface area contributed by atoms with E-state index in [2.05, 4.69) is 5.32 Å². The van der Waals surface area contributed by atoms with E-state index in [4.69, 9.17) is 46.4 Å². The van der Waals surface area contributed by atoms with Crippen LogP contribution in [0.3, 0.4) is 0 Å². The number of nitrogens with one attached hydrogen (secondary N) is 1. The van der Waals surface area contributed by atoms with Crippen molar-refractivity contribution in [2.45, 2.75) is 0 Å². The molecule has 0 aliphatic carbocycles. The van der Waals surface area contributed by atoms with Crippen LogP contribution in [0.1, 0.15) is 0 Å². The number of rotatable bonds is 5. The minimum absolute atomic E-state index is 0.0733. The third-order valence-electron chi connectivity index (χ3n) is 3.05. The number of benzene rings is 2.